The number of hydrogen-bond acceptors (Lipinski definition) is 3. The van der Waals surface area contributed by atoms with E-state index in [0.717, 1.165) is 35.4 Å². The maximum absolute atomic E-state index is 13.3. The quantitative estimate of drug-likeness (QED) is 0.738. The highest BCUT2D eigenvalue weighted by Gasteiger charge is 2.36. The number of piperidine rings is 1. The van der Waals surface area contributed by atoms with Crippen LogP contribution in [0.2, 0.25) is 0 Å². The first-order valence-electron chi connectivity index (χ1n) is 11.0. The summed E-state index contributed by atoms with van der Waals surface area (Å²) in [4.78, 5) is 15.4. The van der Waals surface area contributed by atoms with Crippen LogP contribution in [0.25, 0.3) is 0 Å². The van der Waals surface area contributed by atoms with E-state index in [9.17, 15) is 13.2 Å². The van der Waals surface area contributed by atoms with E-state index in [1.54, 1.807) is 4.31 Å². The Morgan fingerprint density at radius 2 is 1.48 bits per heavy atom. The van der Waals surface area contributed by atoms with Crippen LogP contribution in [0.3, 0.4) is 0 Å². The minimum atomic E-state index is -3.53. The van der Waals surface area contributed by atoms with Crippen LogP contribution in [0.4, 0.5) is 0 Å². The molecule has 1 saturated carbocycles. The summed E-state index contributed by atoms with van der Waals surface area (Å²) in [7, 11) is -1.59. The molecule has 0 bridgehead atoms. The normalized spacial score (nSPS) is 24.4. The van der Waals surface area contributed by atoms with Crippen LogP contribution in [0.15, 0.2) is 17.0 Å². The fourth-order valence-corrected chi connectivity index (χ4v) is 7.02. The van der Waals surface area contributed by atoms with Crippen LogP contribution >= 0.6 is 0 Å². The second kappa shape index (κ2) is 8.76. The fourth-order valence-electron chi connectivity index (χ4n) is 5.14. The largest absolute Gasteiger partial charge is 0.343 e. The Morgan fingerprint density at radius 1 is 0.966 bits per heavy atom. The molecule has 1 amide bonds. The average molecular weight is 421 g/mol. The Kier molecular flexibility index (Phi) is 6.74. The molecule has 1 heterocycles. The SMILES string of the molecule is Cc1cc(C)c(S(=O)(=O)N2CCC(C(=O)N(C)C3CCC(C)CC3)CC2)c(C)c1. The van der Waals surface area contributed by atoms with Gasteiger partial charge in [0.2, 0.25) is 15.9 Å². The van der Waals surface area contributed by atoms with Crippen molar-refractivity contribution in [1.82, 2.24) is 9.21 Å². The van der Waals surface area contributed by atoms with E-state index in [-0.39, 0.29) is 11.8 Å². The van der Waals surface area contributed by atoms with Crippen LogP contribution in [0, 0.1) is 32.6 Å². The molecule has 0 spiro atoms. The average Bonchev–Trinajstić information content (AvgIpc) is 2.66. The van der Waals surface area contributed by atoms with E-state index < -0.39 is 10.0 Å². The minimum absolute atomic E-state index is 0.0639. The first-order valence-corrected chi connectivity index (χ1v) is 12.4. The Balaban J connectivity index is 1.65. The van der Waals surface area contributed by atoms with Crippen molar-refractivity contribution in [3.8, 4) is 0 Å². The van der Waals surface area contributed by atoms with Crippen LogP contribution in [-0.2, 0) is 14.8 Å². The first kappa shape index (κ1) is 22.3. The molecule has 5 nitrogen and oxygen atoms in total. The van der Waals surface area contributed by atoms with Crippen molar-refractivity contribution in [2.75, 3.05) is 20.1 Å². The highest BCUT2D eigenvalue weighted by molar-refractivity contribution is 7.89. The van der Waals surface area contributed by atoms with Crippen molar-refractivity contribution in [2.24, 2.45) is 11.8 Å². The molecule has 3 rings (SSSR count). The highest BCUT2D eigenvalue weighted by atomic mass is 32.2. The Morgan fingerprint density at radius 3 is 2.00 bits per heavy atom. The molecule has 162 valence electrons. The van der Waals surface area contributed by atoms with Crippen molar-refractivity contribution >= 4 is 15.9 Å². The van der Waals surface area contributed by atoms with Gasteiger partial charge in [-0.1, -0.05) is 24.6 Å². The van der Waals surface area contributed by atoms with Crippen LogP contribution in [0.1, 0.15) is 62.1 Å². The van der Waals surface area contributed by atoms with E-state index in [4.69, 9.17) is 0 Å². The maximum Gasteiger partial charge on any atom is 0.243 e. The smallest absolute Gasteiger partial charge is 0.243 e. The number of benzene rings is 1. The van der Waals surface area contributed by atoms with Gasteiger partial charge in [-0.15, -0.1) is 0 Å². The van der Waals surface area contributed by atoms with Gasteiger partial charge in [-0.3, -0.25) is 4.79 Å². The van der Waals surface area contributed by atoms with Crippen molar-refractivity contribution in [1.29, 1.82) is 0 Å². The summed E-state index contributed by atoms with van der Waals surface area (Å²) >= 11 is 0. The van der Waals surface area contributed by atoms with Crippen LogP contribution in [0.5, 0.6) is 0 Å². The van der Waals surface area contributed by atoms with Crippen LogP contribution in [-0.4, -0.2) is 49.7 Å². The number of nitrogens with zero attached hydrogens (tertiary/aromatic N) is 2. The second-order valence-corrected chi connectivity index (χ2v) is 11.1. The van der Waals surface area contributed by atoms with Gasteiger partial charge >= 0.3 is 0 Å². The van der Waals surface area contributed by atoms with Gasteiger partial charge in [0, 0.05) is 32.1 Å². The Hall–Kier alpha value is -1.40. The van der Waals surface area contributed by atoms with Gasteiger partial charge in [-0.25, -0.2) is 8.42 Å². The molecule has 0 unspecified atom stereocenters. The predicted molar refractivity (Wildman–Crippen MR) is 116 cm³/mol. The van der Waals surface area contributed by atoms with Crippen molar-refractivity contribution in [2.45, 2.75) is 77.2 Å². The van der Waals surface area contributed by atoms with Gasteiger partial charge in [0.25, 0.3) is 0 Å². The summed E-state index contributed by atoms with van der Waals surface area (Å²) in [6.45, 7) is 8.83. The van der Waals surface area contributed by atoms with E-state index >= 15 is 0 Å². The third kappa shape index (κ3) is 4.69. The third-order valence-electron chi connectivity index (χ3n) is 6.89. The topological polar surface area (TPSA) is 57.7 Å². The lowest BCUT2D eigenvalue weighted by Gasteiger charge is -2.38. The molecule has 2 fully saturated rings. The van der Waals surface area contributed by atoms with Gasteiger partial charge in [0.1, 0.15) is 0 Å². The van der Waals surface area contributed by atoms with Crippen LogP contribution < -0.4 is 0 Å². The van der Waals surface area contributed by atoms with Gasteiger partial charge in [-0.2, -0.15) is 4.31 Å². The molecule has 0 atom stereocenters. The summed E-state index contributed by atoms with van der Waals surface area (Å²) in [6, 6.07) is 4.20. The zero-order chi connectivity index (χ0) is 21.3. The zero-order valence-electron chi connectivity index (χ0n) is 18.6. The number of sulfonamides is 1. The standard InChI is InChI=1S/C23H36N2O3S/c1-16-6-8-21(9-7-16)24(5)23(26)20-10-12-25(13-11-20)29(27,28)22-18(3)14-17(2)15-19(22)4/h14-16,20-21H,6-13H2,1-5H3. The van der Waals surface area contributed by atoms with Crippen molar-refractivity contribution in [3.63, 3.8) is 0 Å². The number of rotatable bonds is 4. The molecule has 1 aliphatic carbocycles. The zero-order valence-corrected chi connectivity index (χ0v) is 19.4. The number of carbonyl (C=O) groups is 1. The van der Waals surface area contributed by atoms with E-state index in [2.05, 4.69) is 6.92 Å². The first-order chi connectivity index (χ1) is 13.6. The minimum Gasteiger partial charge on any atom is -0.343 e. The van der Waals surface area contributed by atoms with Gasteiger partial charge in [-0.05, 0) is 76.3 Å². The summed E-state index contributed by atoms with van der Waals surface area (Å²) in [6.07, 6.45) is 5.76. The molecule has 1 aromatic carbocycles. The summed E-state index contributed by atoms with van der Waals surface area (Å²) < 4.78 is 28.1. The molecular weight excluding hydrogens is 384 g/mol. The molecule has 0 N–H and O–H groups in total. The number of carbonyl (C=O) groups excluding carboxylic acids is 1. The summed E-state index contributed by atoms with van der Waals surface area (Å²) in [5.74, 6) is 0.896. The molecule has 29 heavy (non-hydrogen) atoms. The van der Waals surface area contributed by atoms with Crippen molar-refractivity contribution < 1.29 is 13.2 Å². The Labute approximate surface area is 176 Å². The monoisotopic (exact) mass is 420 g/mol. The molecule has 0 aromatic heterocycles. The Bertz CT molecular complexity index is 826. The fraction of sp³-hybridized carbons (Fsp3) is 0.696. The lowest BCUT2D eigenvalue weighted by atomic mass is 9.86. The lowest BCUT2D eigenvalue weighted by molar-refractivity contribution is -0.138. The van der Waals surface area contributed by atoms with E-state index in [1.807, 2.05) is 44.9 Å². The maximum atomic E-state index is 13.3. The molecule has 1 saturated heterocycles. The van der Waals surface area contributed by atoms with Gasteiger partial charge < -0.3 is 4.90 Å². The lowest BCUT2D eigenvalue weighted by Crippen LogP contribution is -2.47. The predicted octanol–water partition coefficient (Wildman–Crippen LogP) is 4.05. The molecule has 2 aliphatic rings. The summed E-state index contributed by atoms with van der Waals surface area (Å²) in [5.41, 5.74) is 2.67. The second-order valence-electron chi connectivity index (χ2n) is 9.27. The van der Waals surface area contributed by atoms with Gasteiger partial charge in [0.05, 0.1) is 4.90 Å². The molecule has 0 radical (unpaired) electrons. The molecular formula is C23H36N2O3S. The molecule has 1 aliphatic heterocycles. The molecule has 1 aromatic rings. The number of aryl methyl sites for hydroxylation is 3. The number of amides is 1. The van der Waals surface area contributed by atoms with Gasteiger partial charge in [0.15, 0.2) is 0 Å². The van der Waals surface area contributed by atoms with E-state index in [0.29, 0.717) is 36.9 Å². The highest BCUT2D eigenvalue weighted by Crippen LogP contribution is 2.31. The molecule has 6 heteroatoms. The third-order valence-corrected chi connectivity index (χ3v) is 9.09. The number of hydrogen-bond donors (Lipinski definition) is 0. The summed E-state index contributed by atoms with van der Waals surface area (Å²) in [5, 5.41) is 0. The van der Waals surface area contributed by atoms with E-state index in [1.165, 1.54) is 12.8 Å². The van der Waals surface area contributed by atoms with Crippen molar-refractivity contribution in [3.05, 3.63) is 28.8 Å².